The van der Waals surface area contributed by atoms with Crippen LogP contribution in [-0.4, -0.2) is 17.5 Å². The Hall–Kier alpha value is -0.570. The van der Waals surface area contributed by atoms with Crippen molar-refractivity contribution in [2.24, 2.45) is 23.0 Å². The number of carbonyl (C=O) groups excluding carboxylic acids is 1. The number of carbonyl (C=O) groups is 1. The molecular formula is C16H32N2O. The molecule has 1 fully saturated rings. The van der Waals surface area contributed by atoms with Gasteiger partial charge in [0.1, 0.15) is 0 Å². The molecule has 19 heavy (non-hydrogen) atoms. The Morgan fingerprint density at radius 1 is 1.16 bits per heavy atom. The summed E-state index contributed by atoms with van der Waals surface area (Å²) in [4.78, 5) is 12.4. The Labute approximate surface area is 118 Å². The van der Waals surface area contributed by atoms with Crippen molar-refractivity contribution in [1.82, 2.24) is 5.32 Å². The minimum atomic E-state index is -0.153. The molecule has 3 heteroatoms. The summed E-state index contributed by atoms with van der Waals surface area (Å²) in [5.74, 6) is 0.847. The molecule has 1 rings (SSSR count). The zero-order chi connectivity index (χ0) is 14.8. The summed E-state index contributed by atoms with van der Waals surface area (Å²) in [6, 6.07) is 0.185. The Kier molecular flexibility index (Phi) is 5.05. The minimum Gasteiger partial charge on any atom is -0.351 e. The van der Waals surface area contributed by atoms with Crippen LogP contribution in [0.2, 0.25) is 0 Å². The van der Waals surface area contributed by atoms with Crippen molar-refractivity contribution in [3.8, 4) is 0 Å². The lowest BCUT2D eigenvalue weighted by Crippen LogP contribution is -2.50. The highest BCUT2D eigenvalue weighted by molar-refractivity contribution is 5.79. The van der Waals surface area contributed by atoms with E-state index in [1.807, 2.05) is 0 Å². The summed E-state index contributed by atoms with van der Waals surface area (Å²) in [7, 11) is 0. The maximum absolute atomic E-state index is 12.4. The molecule has 3 unspecified atom stereocenters. The molecule has 0 heterocycles. The van der Waals surface area contributed by atoms with Crippen molar-refractivity contribution < 1.29 is 4.79 Å². The summed E-state index contributed by atoms with van der Waals surface area (Å²) < 4.78 is 0. The van der Waals surface area contributed by atoms with Gasteiger partial charge >= 0.3 is 0 Å². The molecule has 1 saturated carbocycles. The minimum absolute atomic E-state index is 0.0954. The number of rotatable bonds is 3. The van der Waals surface area contributed by atoms with Gasteiger partial charge in [0.25, 0.3) is 0 Å². The Morgan fingerprint density at radius 2 is 1.74 bits per heavy atom. The van der Waals surface area contributed by atoms with Gasteiger partial charge in [-0.15, -0.1) is 0 Å². The van der Waals surface area contributed by atoms with E-state index in [9.17, 15) is 4.79 Å². The fourth-order valence-corrected chi connectivity index (χ4v) is 3.68. The van der Waals surface area contributed by atoms with Gasteiger partial charge in [0.05, 0.1) is 0 Å². The van der Waals surface area contributed by atoms with Crippen molar-refractivity contribution in [3.63, 3.8) is 0 Å². The maximum atomic E-state index is 12.4. The van der Waals surface area contributed by atoms with Gasteiger partial charge in [0.15, 0.2) is 0 Å². The van der Waals surface area contributed by atoms with Crippen LogP contribution in [0.1, 0.15) is 67.2 Å². The largest absolute Gasteiger partial charge is 0.351 e. The predicted molar refractivity (Wildman–Crippen MR) is 80.8 cm³/mol. The zero-order valence-corrected chi connectivity index (χ0v) is 13.5. The molecule has 1 aliphatic carbocycles. The molecule has 0 aromatic heterocycles. The van der Waals surface area contributed by atoms with Crippen LogP contribution in [0.25, 0.3) is 0 Å². The maximum Gasteiger partial charge on any atom is 0.223 e. The van der Waals surface area contributed by atoms with E-state index < -0.39 is 0 Å². The van der Waals surface area contributed by atoms with Crippen LogP contribution in [0.4, 0.5) is 0 Å². The molecular weight excluding hydrogens is 236 g/mol. The summed E-state index contributed by atoms with van der Waals surface area (Å²) >= 11 is 0. The molecule has 0 saturated heterocycles. The monoisotopic (exact) mass is 268 g/mol. The Bertz CT molecular complexity index is 307. The van der Waals surface area contributed by atoms with E-state index in [4.69, 9.17) is 5.73 Å². The standard InChI is InChI=1S/C16H32N2O/c1-11-7-12(9-13(17)8-11)14(19)18-16(5,6)10-15(2,3)4/h11-13H,7-10,17H2,1-6H3,(H,18,19). The highest BCUT2D eigenvalue weighted by Gasteiger charge is 2.33. The number of nitrogens with one attached hydrogen (secondary N) is 1. The topological polar surface area (TPSA) is 55.1 Å². The van der Waals surface area contributed by atoms with E-state index in [0.717, 1.165) is 25.7 Å². The fraction of sp³-hybridized carbons (Fsp3) is 0.938. The second-order valence-electron chi connectivity index (χ2n) is 8.38. The van der Waals surface area contributed by atoms with E-state index >= 15 is 0 Å². The number of hydrogen-bond donors (Lipinski definition) is 2. The molecule has 0 aromatic rings. The van der Waals surface area contributed by atoms with Crippen LogP contribution in [0.3, 0.4) is 0 Å². The molecule has 3 nitrogen and oxygen atoms in total. The van der Waals surface area contributed by atoms with Crippen LogP contribution >= 0.6 is 0 Å². The predicted octanol–water partition coefficient (Wildman–Crippen LogP) is 3.08. The molecule has 0 spiro atoms. The zero-order valence-electron chi connectivity index (χ0n) is 13.5. The average molecular weight is 268 g/mol. The lowest BCUT2D eigenvalue weighted by atomic mass is 9.78. The van der Waals surface area contributed by atoms with Crippen molar-refractivity contribution >= 4 is 5.91 Å². The summed E-state index contributed by atoms with van der Waals surface area (Å²) in [6.07, 6.45) is 3.84. The van der Waals surface area contributed by atoms with Crippen molar-refractivity contribution in [3.05, 3.63) is 0 Å². The van der Waals surface area contributed by atoms with Gasteiger partial charge in [-0.2, -0.15) is 0 Å². The highest BCUT2D eigenvalue weighted by atomic mass is 16.2. The van der Waals surface area contributed by atoms with Gasteiger partial charge in [-0.25, -0.2) is 0 Å². The molecule has 0 aromatic carbocycles. The van der Waals surface area contributed by atoms with E-state index in [2.05, 4.69) is 46.9 Å². The smallest absolute Gasteiger partial charge is 0.223 e. The molecule has 112 valence electrons. The van der Waals surface area contributed by atoms with Crippen LogP contribution < -0.4 is 11.1 Å². The quantitative estimate of drug-likeness (QED) is 0.826. The van der Waals surface area contributed by atoms with E-state index in [1.54, 1.807) is 0 Å². The van der Waals surface area contributed by atoms with Gasteiger partial charge in [-0.3, -0.25) is 4.79 Å². The van der Waals surface area contributed by atoms with Crippen molar-refractivity contribution in [1.29, 1.82) is 0 Å². The number of hydrogen-bond acceptors (Lipinski definition) is 2. The second kappa shape index (κ2) is 5.82. The highest BCUT2D eigenvalue weighted by Crippen LogP contribution is 2.30. The Balaban J connectivity index is 2.58. The van der Waals surface area contributed by atoms with E-state index in [0.29, 0.717) is 5.92 Å². The summed E-state index contributed by atoms with van der Waals surface area (Å²) in [5.41, 5.74) is 6.10. The number of nitrogens with two attached hydrogens (primary N) is 1. The third-order valence-electron chi connectivity index (χ3n) is 3.78. The SMILES string of the molecule is CC1CC(N)CC(C(=O)NC(C)(C)CC(C)(C)C)C1. The van der Waals surface area contributed by atoms with Crippen LogP contribution in [0.15, 0.2) is 0 Å². The van der Waals surface area contributed by atoms with E-state index in [-0.39, 0.29) is 28.8 Å². The van der Waals surface area contributed by atoms with Gasteiger partial charge in [-0.1, -0.05) is 27.7 Å². The average Bonchev–Trinajstić information content (AvgIpc) is 2.10. The molecule has 1 amide bonds. The van der Waals surface area contributed by atoms with E-state index in [1.165, 1.54) is 0 Å². The van der Waals surface area contributed by atoms with Crippen molar-refractivity contribution in [2.45, 2.75) is 78.8 Å². The lowest BCUT2D eigenvalue weighted by Gasteiger charge is -2.36. The van der Waals surface area contributed by atoms with Gasteiger partial charge in [0.2, 0.25) is 5.91 Å². The lowest BCUT2D eigenvalue weighted by molar-refractivity contribution is -0.128. The molecule has 0 aliphatic heterocycles. The normalized spacial score (nSPS) is 29.1. The molecule has 3 atom stereocenters. The third-order valence-corrected chi connectivity index (χ3v) is 3.78. The first-order chi connectivity index (χ1) is 8.48. The molecule has 1 aliphatic rings. The first kappa shape index (κ1) is 16.5. The van der Waals surface area contributed by atoms with Crippen LogP contribution in [0, 0.1) is 17.3 Å². The molecule has 3 N–H and O–H groups in total. The Morgan fingerprint density at radius 3 is 2.21 bits per heavy atom. The second-order valence-corrected chi connectivity index (χ2v) is 8.38. The van der Waals surface area contributed by atoms with Gasteiger partial charge < -0.3 is 11.1 Å². The van der Waals surface area contributed by atoms with Crippen molar-refractivity contribution in [2.75, 3.05) is 0 Å². The third kappa shape index (κ3) is 5.94. The summed E-state index contributed by atoms with van der Waals surface area (Å²) in [5, 5.41) is 3.23. The fourth-order valence-electron chi connectivity index (χ4n) is 3.68. The molecule has 0 bridgehead atoms. The molecule has 0 radical (unpaired) electrons. The van der Waals surface area contributed by atoms with Gasteiger partial charge in [0, 0.05) is 17.5 Å². The van der Waals surface area contributed by atoms with Crippen LogP contribution in [-0.2, 0) is 4.79 Å². The van der Waals surface area contributed by atoms with Crippen LogP contribution in [0.5, 0.6) is 0 Å². The van der Waals surface area contributed by atoms with Gasteiger partial charge in [-0.05, 0) is 50.9 Å². The summed E-state index contributed by atoms with van der Waals surface area (Å²) in [6.45, 7) is 13.0. The first-order valence-electron chi connectivity index (χ1n) is 7.56. The first-order valence-corrected chi connectivity index (χ1v) is 7.56. The number of amides is 1.